The van der Waals surface area contributed by atoms with Crippen LogP contribution in [0.3, 0.4) is 0 Å². The van der Waals surface area contributed by atoms with Crippen LogP contribution in [-0.4, -0.2) is 60.5 Å². The molecule has 0 N–H and O–H groups in total. The lowest BCUT2D eigenvalue weighted by Gasteiger charge is -2.54. The smallest absolute Gasteiger partial charge is 0.451 e. The van der Waals surface area contributed by atoms with Crippen LogP contribution in [0.2, 0.25) is 0 Å². The molecule has 1 saturated heterocycles. The first-order valence-corrected chi connectivity index (χ1v) is 14.3. The third kappa shape index (κ3) is 4.05. The van der Waals surface area contributed by atoms with Gasteiger partial charge in [0.25, 0.3) is 5.91 Å². The maximum atomic E-state index is 15.4. The van der Waals surface area contributed by atoms with Gasteiger partial charge in [0.2, 0.25) is 18.0 Å². The van der Waals surface area contributed by atoms with Crippen molar-refractivity contribution < 1.29 is 37.3 Å². The Hall–Kier alpha value is -4.10. The summed E-state index contributed by atoms with van der Waals surface area (Å²) >= 11 is 1.40. The molecule has 3 aliphatic heterocycles. The molecule has 2 atom stereocenters. The summed E-state index contributed by atoms with van der Waals surface area (Å²) in [6.45, 7) is -0.194. The number of aromatic nitrogens is 1. The van der Waals surface area contributed by atoms with Crippen molar-refractivity contribution in [3.63, 3.8) is 0 Å². The zero-order chi connectivity index (χ0) is 29.2. The molecule has 42 heavy (non-hydrogen) atoms. The van der Waals surface area contributed by atoms with Gasteiger partial charge in [-0.2, -0.15) is 0 Å². The summed E-state index contributed by atoms with van der Waals surface area (Å²) in [5.74, 6) is -2.42. The Morgan fingerprint density at radius 3 is 2.71 bits per heavy atom. The molecule has 0 bridgehead atoms. The van der Waals surface area contributed by atoms with Gasteiger partial charge in [-0.3, -0.25) is 19.3 Å². The summed E-state index contributed by atoms with van der Waals surface area (Å²) in [7, 11) is 1.13. The van der Waals surface area contributed by atoms with Gasteiger partial charge < -0.3 is 23.8 Å². The van der Waals surface area contributed by atoms with E-state index in [1.54, 1.807) is 11.0 Å². The Morgan fingerprint density at radius 2 is 1.93 bits per heavy atom. The second-order valence-corrected chi connectivity index (χ2v) is 11.5. The molecule has 13 heteroatoms. The minimum Gasteiger partial charge on any atom is -0.451 e. The number of pyridine rings is 1. The number of nitrogens with zero attached hydrogens (tertiary/aromatic N) is 3. The van der Waals surface area contributed by atoms with Crippen molar-refractivity contribution in [3.8, 4) is 5.75 Å². The Kier molecular flexibility index (Phi) is 6.39. The van der Waals surface area contributed by atoms with Crippen LogP contribution in [-0.2, 0) is 20.0 Å². The average molecular weight is 598 g/mol. The molecule has 2 fully saturated rings. The van der Waals surface area contributed by atoms with Gasteiger partial charge in [0.1, 0.15) is 6.17 Å². The van der Waals surface area contributed by atoms with Gasteiger partial charge in [-0.1, -0.05) is 24.3 Å². The standard InChI is InChI=1S/C29H25F2N3O7S/c1-38-28(37)41-15-40-26-20(35)8-11-32-25(26)27(36)33-22(12-39-14-29(33)9-10-29)34(32)24-16-6-7-19(30)23(31)18(16)13-42-21-5-3-2-4-17(21)24/h2-8,11,22,24H,9-10,12-15H2,1H3/t22-,24+/m1/s1. The Balaban J connectivity index is 1.47. The van der Waals surface area contributed by atoms with Crippen LogP contribution < -0.4 is 15.2 Å². The van der Waals surface area contributed by atoms with Gasteiger partial charge in [0, 0.05) is 28.5 Å². The Labute approximate surface area is 242 Å². The van der Waals surface area contributed by atoms with Gasteiger partial charge >= 0.3 is 6.16 Å². The second kappa shape index (κ2) is 10.0. The first-order valence-electron chi connectivity index (χ1n) is 13.3. The van der Waals surface area contributed by atoms with Crippen molar-refractivity contribution >= 4 is 23.8 Å². The normalized spacial score (nSPS) is 21.5. The largest absolute Gasteiger partial charge is 0.510 e. The van der Waals surface area contributed by atoms with Crippen LogP contribution in [0, 0.1) is 11.6 Å². The zero-order valence-corrected chi connectivity index (χ0v) is 23.2. The van der Waals surface area contributed by atoms with E-state index in [1.165, 1.54) is 28.7 Å². The molecular weight excluding hydrogens is 572 g/mol. The van der Waals surface area contributed by atoms with Crippen LogP contribution >= 0.6 is 11.8 Å². The van der Waals surface area contributed by atoms with Gasteiger partial charge in [0.05, 0.1) is 31.9 Å². The number of ether oxygens (including phenoxy) is 4. The molecule has 218 valence electrons. The van der Waals surface area contributed by atoms with Crippen LogP contribution in [0.4, 0.5) is 13.6 Å². The second-order valence-electron chi connectivity index (χ2n) is 10.5. The minimum absolute atomic E-state index is 0.0705. The first kappa shape index (κ1) is 26.8. The third-order valence-electron chi connectivity index (χ3n) is 8.21. The average Bonchev–Trinajstić information content (AvgIpc) is 3.78. The number of fused-ring (bicyclic) bond motifs is 5. The highest BCUT2D eigenvalue weighted by atomic mass is 32.2. The van der Waals surface area contributed by atoms with Crippen LogP contribution in [0.5, 0.6) is 5.75 Å². The number of amides is 1. The lowest BCUT2D eigenvalue weighted by Crippen LogP contribution is -2.70. The Bertz CT molecular complexity index is 1680. The molecule has 0 unspecified atom stereocenters. The highest BCUT2D eigenvalue weighted by molar-refractivity contribution is 7.98. The van der Waals surface area contributed by atoms with Crippen molar-refractivity contribution in [2.24, 2.45) is 0 Å². The number of benzene rings is 2. The van der Waals surface area contributed by atoms with Gasteiger partial charge in [-0.05, 0) is 36.1 Å². The predicted molar refractivity (Wildman–Crippen MR) is 145 cm³/mol. The van der Waals surface area contributed by atoms with Gasteiger partial charge in [-0.25, -0.2) is 13.6 Å². The molecule has 10 nitrogen and oxygen atoms in total. The van der Waals surface area contributed by atoms with Crippen molar-refractivity contribution in [1.82, 2.24) is 9.58 Å². The summed E-state index contributed by atoms with van der Waals surface area (Å²) in [6, 6.07) is 10.8. The van der Waals surface area contributed by atoms with Crippen LogP contribution in [0.15, 0.2) is 58.4 Å². The number of hydrogen-bond acceptors (Lipinski definition) is 9. The number of methoxy groups -OCH3 is 1. The van der Waals surface area contributed by atoms with E-state index in [2.05, 4.69) is 4.74 Å². The minimum atomic E-state index is -1.02. The van der Waals surface area contributed by atoms with E-state index < -0.39 is 53.7 Å². The van der Waals surface area contributed by atoms with E-state index in [0.29, 0.717) is 25.0 Å². The lowest BCUT2D eigenvalue weighted by molar-refractivity contribution is -0.0621. The van der Waals surface area contributed by atoms with Crippen LogP contribution in [0.25, 0.3) is 0 Å². The van der Waals surface area contributed by atoms with Crippen molar-refractivity contribution in [3.05, 3.63) is 92.9 Å². The molecule has 7 rings (SSSR count). The monoisotopic (exact) mass is 597 g/mol. The first-order chi connectivity index (χ1) is 20.3. The molecule has 3 aromatic rings. The molecule has 1 amide bonds. The summed E-state index contributed by atoms with van der Waals surface area (Å²) in [5.41, 5.74) is 0.317. The molecule has 1 saturated carbocycles. The highest BCUT2D eigenvalue weighted by Gasteiger charge is 2.60. The summed E-state index contributed by atoms with van der Waals surface area (Å²) < 4.78 is 52.4. The quantitative estimate of drug-likeness (QED) is 0.327. The number of rotatable bonds is 4. The lowest BCUT2D eigenvalue weighted by atomic mass is 9.92. The number of hydrogen-bond donors (Lipinski definition) is 0. The summed E-state index contributed by atoms with van der Waals surface area (Å²) in [5, 5.41) is 1.88. The number of carbonyl (C=O) groups is 2. The third-order valence-corrected chi connectivity index (χ3v) is 9.32. The summed E-state index contributed by atoms with van der Waals surface area (Å²) in [6.07, 6.45) is 1.21. The summed E-state index contributed by atoms with van der Waals surface area (Å²) in [4.78, 5) is 41.5. The van der Waals surface area contributed by atoms with Gasteiger partial charge in [0.15, 0.2) is 17.3 Å². The number of carbonyl (C=O) groups excluding carboxylic acids is 2. The molecule has 0 radical (unpaired) electrons. The van der Waals surface area contributed by atoms with Gasteiger partial charge in [-0.15, -0.1) is 11.8 Å². The van der Waals surface area contributed by atoms with E-state index in [4.69, 9.17) is 14.2 Å². The van der Waals surface area contributed by atoms with E-state index >= 15 is 4.39 Å². The maximum Gasteiger partial charge on any atom is 0.510 e. The van der Waals surface area contributed by atoms with E-state index in [-0.39, 0.29) is 29.4 Å². The SMILES string of the molecule is COC(=O)OCOc1c2n(ccc1=O)N([C@@H]1c3ccccc3SCc3c1ccc(F)c3F)[C@@H]1COCC3(CC3)N1C2=O. The number of halogens is 2. The van der Waals surface area contributed by atoms with E-state index in [9.17, 15) is 18.8 Å². The fourth-order valence-electron chi connectivity index (χ4n) is 6.13. The maximum absolute atomic E-state index is 15.4. The van der Waals surface area contributed by atoms with Crippen molar-refractivity contribution in [2.45, 2.75) is 41.2 Å². The van der Waals surface area contributed by atoms with Crippen LogP contribution in [0.1, 0.15) is 46.1 Å². The number of thioether (sulfide) groups is 1. The molecule has 1 aromatic heterocycles. The Morgan fingerprint density at radius 1 is 1.12 bits per heavy atom. The fourth-order valence-corrected chi connectivity index (χ4v) is 7.24. The van der Waals surface area contributed by atoms with Crippen molar-refractivity contribution in [1.29, 1.82) is 0 Å². The molecule has 1 aliphatic carbocycles. The van der Waals surface area contributed by atoms with E-state index in [0.717, 1.165) is 23.6 Å². The molecule has 1 spiro atoms. The zero-order valence-electron chi connectivity index (χ0n) is 22.4. The number of morpholine rings is 1. The highest BCUT2D eigenvalue weighted by Crippen LogP contribution is 2.51. The van der Waals surface area contributed by atoms with Crippen molar-refractivity contribution in [2.75, 3.05) is 32.1 Å². The fraction of sp³-hybridized carbons (Fsp3) is 0.345. The predicted octanol–water partition coefficient (Wildman–Crippen LogP) is 3.92. The molecular formula is C29H25F2N3O7S. The van der Waals surface area contributed by atoms with E-state index in [1.807, 2.05) is 29.3 Å². The molecule has 4 heterocycles. The molecule has 2 aromatic carbocycles. The topological polar surface area (TPSA) is 99.5 Å². The molecule has 4 aliphatic rings.